The maximum atomic E-state index is 12.3. The second kappa shape index (κ2) is 6.26. The van der Waals surface area contributed by atoms with Crippen molar-refractivity contribution in [2.24, 2.45) is 22.4 Å². The lowest BCUT2D eigenvalue weighted by Gasteiger charge is -2.15. The smallest absolute Gasteiger partial charge is 0.244 e. The highest BCUT2D eigenvalue weighted by Gasteiger charge is 2.64. The highest BCUT2D eigenvalue weighted by atomic mass is 127. The monoisotopic (exact) mass is 524 g/mol. The van der Waals surface area contributed by atoms with Gasteiger partial charge in [0.2, 0.25) is 5.91 Å². The molecular weight excluding hydrogens is 506 g/mol. The van der Waals surface area contributed by atoms with E-state index in [4.69, 9.17) is 0 Å². The average molecular weight is 524 g/mol. The molecule has 0 unspecified atom stereocenters. The predicted octanol–water partition coefficient (Wildman–Crippen LogP) is 3.88. The lowest BCUT2D eigenvalue weighted by Crippen LogP contribution is -2.22. The van der Waals surface area contributed by atoms with Gasteiger partial charge in [0, 0.05) is 15.1 Å². The summed E-state index contributed by atoms with van der Waals surface area (Å²) in [6.45, 7) is 2.22. The molecule has 22 heavy (non-hydrogen) atoms. The van der Waals surface area contributed by atoms with Crippen LogP contribution in [0.1, 0.15) is 38.2 Å². The number of amides is 1. The van der Waals surface area contributed by atoms with Gasteiger partial charge in [-0.2, -0.15) is 5.10 Å². The molecule has 2 fully saturated rings. The molecule has 2 saturated carbocycles. The van der Waals surface area contributed by atoms with Gasteiger partial charge in [-0.25, -0.2) is 5.43 Å². The predicted molar refractivity (Wildman–Crippen MR) is 103 cm³/mol. The quantitative estimate of drug-likeness (QED) is 0.359. The largest absolute Gasteiger partial charge is 0.506 e. The molecule has 4 nitrogen and oxygen atoms in total. The number of hydrogen-bond donors (Lipinski definition) is 2. The van der Waals surface area contributed by atoms with Crippen molar-refractivity contribution in [2.75, 3.05) is 0 Å². The first-order valence-corrected chi connectivity index (χ1v) is 9.60. The molecule has 2 aliphatic carbocycles. The number of benzene rings is 1. The molecule has 0 radical (unpaired) electrons. The van der Waals surface area contributed by atoms with Crippen LogP contribution in [0, 0.1) is 24.4 Å². The van der Waals surface area contributed by atoms with Crippen molar-refractivity contribution in [1.29, 1.82) is 0 Å². The fraction of sp³-hybridized carbons (Fsp3) is 0.500. The van der Waals surface area contributed by atoms with Crippen LogP contribution in [0.2, 0.25) is 0 Å². The van der Waals surface area contributed by atoms with E-state index in [-0.39, 0.29) is 23.0 Å². The van der Waals surface area contributed by atoms with E-state index >= 15 is 0 Å². The van der Waals surface area contributed by atoms with Crippen LogP contribution in [0.3, 0.4) is 0 Å². The summed E-state index contributed by atoms with van der Waals surface area (Å²) in [4.78, 5) is 12.3. The van der Waals surface area contributed by atoms with Gasteiger partial charge < -0.3 is 5.11 Å². The van der Waals surface area contributed by atoms with Crippen LogP contribution in [0.4, 0.5) is 0 Å². The average Bonchev–Trinajstić information content (AvgIpc) is 3.09. The lowest BCUT2D eigenvalue weighted by molar-refractivity contribution is -0.123. The Balaban J connectivity index is 1.65. The Morgan fingerprint density at radius 3 is 2.91 bits per heavy atom. The van der Waals surface area contributed by atoms with Crippen molar-refractivity contribution in [3.8, 4) is 5.75 Å². The Hall–Kier alpha value is -0.380. The summed E-state index contributed by atoms with van der Waals surface area (Å²) in [5, 5.41) is 14.0. The third-order valence-electron chi connectivity index (χ3n) is 5.05. The van der Waals surface area contributed by atoms with Crippen molar-refractivity contribution in [3.05, 3.63) is 24.8 Å². The van der Waals surface area contributed by atoms with Gasteiger partial charge in [-0.3, -0.25) is 4.79 Å². The second-order valence-corrected chi connectivity index (χ2v) is 8.80. The molecule has 1 aromatic rings. The minimum absolute atomic E-state index is 0.0189. The van der Waals surface area contributed by atoms with Gasteiger partial charge in [-0.05, 0) is 81.5 Å². The zero-order valence-electron chi connectivity index (χ0n) is 12.3. The number of phenols is 1. The summed E-state index contributed by atoms with van der Waals surface area (Å²) in [6, 6.07) is 3.73. The van der Waals surface area contributed by atoms with Crippen molar-refractivity contribution in [1.82, 2.24) is 5.43 Å². The Labute approximate surface area is 157 Å². The molecule has 0 spiro atoms. The highest BCUT2D eigenvalue weighted by Crippen LogP contribution is 2.66. The summed E-state index contributed by atoms with van der Waals surface area (Å²) in [5.74, 6) is 0.858. The molecule has 118 valence electrons. The number of nitrogens with one attached hydrogen (secondary N) is 1. The van der Waals surface area contributed by atoms with Crippen LogP contribution in [0.25, 0.3) is 0 Å². The number of fused-ring (bicyclic) bond motifs is 1. The molecule has 2 aliphatic rings. The van der Waals surface area contributed by atoms with Gasteiger partial charge in [0.15, 0.2) is 0 Å². The summed E-state index contributed by atoms with van der Waals surface area (Å²) in [6.07, 6.45) is 6.30. The van der Waals surface area contributed by atoms with E-state index in [1.807, 2.05) is 12.1 Å². The number of aromatic hydroxyl groups is 1. The Morgan fingerprint density at radius 1 is 1.45 bits per heavy atom. The van der Waals surface area contributed by atoms with Crippen LogP contribution in [0.15, 0.2) is 17.2 Å². The Morgan fingerprint density at radius 2 is 2.23 bits per heavy atom. The van der Waals surface area contributed by atoms with E-state index in [0.717, 1.165) is 20.0 Å². The number of hydrazone groups is 1. The minimum Gasteiger partial charge on any atom is -0.506 e. The van der Waals surface area contributed by atoms with Crippen LogP contribution in [0.5, 0.6) is 5.75 Å². The van der Waals surface area contributed by atoms with Crippen molar-refractivity contribution >= 4 is 57.3 Å². The maximum absolute atomic E-state index is 12.3. The van der Waals surface area contributed by atoms with Gasteiger partial charge in [0.25, 0.3) is 0 Å². The van der Waals surface area contributed by atoms with E-state index in [1.165, 1.54) is 19.1 Å². The molecule has 0 saturated heterocycles. The first-order chi connectivity index (χ1) is 10.4. The summed E-state index contributed by atoms with van der Waals surface area (Å²) in [5.41, 5.74) is 3.47. The number of rotatable bonds is 3. The summed E-state index contributed by atoms with van der Waals surface area (Å²) >= 11 is 4.27. The molecule has 0 bridgehead atoms. The van der Waals surface area contributed by atoms with Crippen molar-refractivity contribution < 1.29 is 9.90 Å². The molecule has 3 rings (SSSR count). The number of halogens is 2. The van der Waals surface area contributed by atoms with Crippen molar-refractivity contribution in [3.63, 3.8) is 0 Å². The van der Waals surface area contributed by atoms with Gasteiger partial charge in [0.05, 0.1) is 9.78 Å². The molecule has 6 heteroatoms. The SMILES string of the molecule is C[C@]12CCCC[C@H]1[C@H]2C(=O)N/N=C\c1cc(I)cc(I)c1O. The van der Waals surface area contributed by atoms with Gasteiger partial charge >= 0.3 is 0 Å². The van der Waals surface area contributed by atoms with E-state index in [0.29, 0.717) is 11.5 Å². The third kappa shape index (κ3) is 3.00. The van der Waals surface area contributed by atoms with E-state index in [1.54, 1.807) is 0 Å². The Kier molecular flexibility index (Phi) is 4.69. The van der Waals surface area contributed by atoms with Crippen LogP contribution >= 0.6 is 45.2 Å². The molecule has 1 aromatic carbocycles. The number of hydrogen-bond acceptors (Lipinski definition) is 3. The molecule has 2 N–H and O–H groups in total. The summed E-state index contributed by atoms with van der Waals surface area (Å²) in [7, 11) is 0. The van der Waals surface area contributed by atoms with E-state index < -0.39 is 0 Å². The molecule has 3 atom stereocenters. The minimum atomic E-state index is 0.0189. The first kappa shape index (κ1) is 16.5. The molecule has 1 amide bonds. The zero-order valence-corrected chi connectivity index (χ0v) is 16.6. The standard InChI is InChI=1S/C16H18I2N2O2/c1-16-5-3-2-4-11(16)13(16)15(22)20-19-8-9-6-10(17)7-12(18)14(9)21/h6-8,11,13,21H,2-5H2,1H3,(H,20,22)/b19-8-/t11-,13-,16-/m0/s1. The number of nitrogens with zero attached hydrogens (tertiary/aromatic N) is 1. The topological polar surface area (TPSA) is 61.7 Å². The van der Waals surface area contributed by atoms with Gasteiger partial charge in [-0.1, -0.05) is 19.8 Å². The van der Waals surface area contributed by atoms with Gasteiger partial charge in [-0.15, -0.1) is 0 Å². The van der Waals surface area contributed by atoms with E-state index in [9.17, 15) is 9.90 Å². The first-order valence-electron chi connectivity index (χ1n) is 7.44. The van der Waals surface area contributed by atoms with Crippen LogP contribution < -0.4 is 5.43 Å². The zero-order chi connectivity index (χ0) is 15.9. The van der Waals surface area contributed by atoms with Crippen molar-refractivity contribution in [2.45, 2.75) is 32.6 Å². The highest BCUT2D eigenvalue weighted by molar-refractivity contribution is 14.1. The number of carbonyl (C=O) groups excluding carboxylic acids is 1. The fourth-order valence-electron chi connectivity index (χ4n) is 3.77. The third-order valence-corrected chi connectivity index (χ3v) is 6.49. The molecular formula is C16H18I2N2O2. The van der Waals surface area contributed by atoms with Crippen LogP contribution in [-0.4, -0.2) is 17.2 Å². The second-order valence-electron chi connectivity index (χ2n) is 6.40. The summed E-state index contributed by atoms with van der Waals surface area (Å²) < 4.78 is 1.80. The molecule has 0 aliphatic heterocycles. The normalized spacial score (nSPS) is 30.1. The Bertz CT molecular complexity index is 647. The van der Waals surface area contributed by atoms with Crippen LogP contribution in [-0.2, 0) is 4.79 Å². The maximum Gasteiger partial charge on any atom is 0.244 e. The van der Waals surface area contributed by atoms with E-state index in [2.05, 4.69) is 62.6 Å². The molecule has 0 aromatic heterocycles. The fourth-order valence-corrected chi connectivity index (χ4v) is 5.66. The number of carbonyl (C=O) groups is 1. The lowest BCUT2D eigenvalue weighted by atomic mass is 9.90. The molecule has 0 heterocycles. The number of phenolic OH excluding ortho intramolecular Hbond substituents is 1. The van der Waals surface area contributed by atoms with Gasteiger partial charge in [0.1, 0.15) is 5.75 Å².